The van der Waals surface area contributed by atoms with E-state index in [0.717, 1.165) is 11.4 Å². The maximum absolute atomic E-state index is 10.1. The van der Waals surface area contributed by atoms with Crippen LogP contribution in [0.3, 0.4) is 0 Å². The second kappa shape index (κ2) is 7.79. The molecule has 0 aliphatic heterocycles. The minimum Gasteiger partial charge on any atom is -0.386 e. The largest absolute Gasteiger partial charge is 0.386 e. The zero-order chi connectivity index (χ0) is 15.2. The van der Waals surface area contributed by atoms with Crippen LogP contribution < -0.4 is 10.6 Å². The van der Waals surface area contributed by atoms with Crippen molar-refractivity contribution in [2.45, 2.75) is 19.6 Å². The average molecular weight is 344 g/mol. The molecule has 1 atom stereocenters. The fraction of sp³-hybridized carbons (Fsp3) is 0.357. The molecule has 0 amide bonds. The average Bonchev–Trinajstić information content (AvgIpc) is 3.07. The van der Waals surface area contributed by atoms with E-state index in [9.17, 15) is 5.11 Å². The van der Waals surface area contributed by atoms with Gasteiger partial charge in [-0.3, -0.25) is 4.99 Å². The lowest BCUT2D eigenvalue weighted by atomic mass is 10.3. The van der Waals surface area contributed by atoms with Gasteiger partial charge in [-0.25, -0.2) is 0 Å². The first-order valence-corrected chi connectivity index (χ1v) is 8.52. The van der Waals surface area contributed by atoms with Crippen LogP contribution >= 0.6 is 34.3 Å². The van der Waals surface area contributed by atoms with E-state index < -0.39 is 6.10 Å². The Bertz CT molecular complexity index is 609. The monoisotopic (exact) mass is 343 g/mol. The molecule has 114 valence electrons. The van der Waals surface area contributed by atoms with Gasteiger partial charge < -0.3 is 15.7 Å². The summed E-state index contributed by atoms with van der Waals surface area (Å²) in [6.45, 7) is 3.20. The minimum absolute atomic E-state index is 0.389. The van der Waals surface area contributed by atoms with Crippen molar-refractivity contribution in [2.75, 3.05) is 13.6 Å². The van der Waals surface area contributed by atoms with Crippen LogP contribution in [0.1, 0.15) is 20.7 Å². The maximum Gasteiger partial charge on any atom is 0.191 e. The summed E-state index contributed by atoms with van der Waals surface area (Å²) in [5, 5.41) is 16.4. The second-order valence-electron chi connectivity index (χ2n) is 4.48. The molecule has 0 spiro atoms. The van der Waals surface area contributed by atoms with Gasteiger partial charge in [-0.2, -0.15) is 0 Å². The molecule has 4 nitrogen and oxygen atoms in total. The van der Waals surface area contributed by atoms with Crippen molar-refractivity contribution in [1.82, 2.24) is 10.6 Å². The number of thiophene rings is 2. The van der Waals surface area contributed by atoms with Crippen molar-refractivity contribution in [2.24, 2.45) is 4.99 Å². The van der Waals surface area contributed by atoms with Crippen LogP contribution in [0.5, 0.6) is 0 Å². The molecule has 21 heavy (non-hydrogen) atoms. The topological polar surface area (TPSA) is 56.7 Å². The molecule has 0 saturated heterocycles. The van der Waals surface area contributed by atoms with Gasteiger partial charge in [0.05, 0.1) is 10.9 Å². The molecule has 1 unspecified atom stereocenters. The van der Waals surface area contributed by atoms with E-state index in [-0.39, 0.29) is 0 Å². The van der Waals surface area contributed by atoms with Gasteiger partial charge in [-0.05, 0) is 31.2 Å². The first-order chi connectivity index (χ1) is 10.1. The van der Waals surface area contributed by atoms with Crippen molar-refractivity contribution in [3.05, 3.63) is 43.2 Å². The molecular weight excluding hydrogens is 326 g/mol. The molecule has 0 fully saturated rings. The van der Waals surface area contributed by atoms with Crippen molar-refractivity contribution in [3.63, 3.8) is 0 Å². The normalized spacial score (nSPS) is 13.2. The molecule has 7 heteroatoms. The lowest BCUT2D eigenvalue weighted by molar-refractivity contribution is 0.184. The van der Waals surface area contributed by atoms with Crippen LogP contribution in [0.15, 0.2) is 29.3 Å². The summed E-state index contributed by atoms with van der Waals surface area (Å²) < 4.78 is 0.680. The molecule has 2 rings (SSSR count). The van der Waals surface area contributed by atoms with Crippen LogP contribution in [0.2, 0.25) is 4.34 Å². The Hall–Kier alpha value is -1.08. The lowest BCUT2D eigenvalue weighted by Crippen LogP contribution is -2.38. The van der Waals surface area contributed by atoms with Crippen molar-refractivity contribution in [3.8, 4) is 0 Å². The molecule has 0 saturated carbocycles. The van der Waals surface area contributed by atoms with Crippen molar-refractivity contribution < 1.29 is 5.11 Å². The van der Waals surface area contributed by atoms with Crippen LogP contribution in [0, 0.1) is 6.92 Å². The summed E-state index contributed by atoms with van der Waals surface area (Å²) in [5.41, 5.74) is 0. The third kappa shape index (κ3) is 5.00. The fourth-order valence-electron chi connectivity index (χ4n) is 1.77. The lowest BCUT2D eigenvalue weighted by Gasteiger charge is -2.14. The Kier molecular flexibility index (Phi) is 6.05. The Balaban J connectivity index is 1.80. The van der Waals surface area contributed by atoms with Gasteiger partial charge in [0.25, 0.3) is 0 Å². The van der Waals surface area contributed by atoms with Crippen molar-refractivity contribution in [1.29, 1.82) is 0 Å². The van der Waals surface area contributed by atoms with Crippen LogP contribution in [-0.4, -0.2) is 24.7 Å². The van der Waals surface area contributed by atoms with Gasteiger partial charge in [-0.1, -0.05) is 11.6 Å². The standard InChI is InChI=1S/C14H18ClN3OS2/c1-9-3-4-10(20-9)7-17-14(16-2)18-8-11(19)12-5-6-13(15)21-12/h3-6,11,19H,7-8H2,1-2H3,(H2,16,17,18). The molecule has 0 aromatic carbocycles. The number of nitrogens with one attached hydrogen (secondary N) is 2. The third-order valence-electron chi connectivity index (χ3n) is 2.83. The Morgan fingerprint density at radius 3 is 2.67 bits per heavy atom. The van der Waals surface area contributed by atoms with Gasteiger partial charge in [0.1, 0.15) is 6.10 Å². The zero-order valence-corrected chi connectivity index (χ0v) is 14.3. The van der Waals surface area contributed by atoms with Gasteiger partial charge >= 0.3 is 0 Å². The first-order valence-electron chi connectivity index (χ1n) is 6.51. The maximum atomic E-state index is 10.1. The Morgan fingerprint density at radius 1 is 1.29 bits per heavy atom. The van der Waals surface area contributed by atoms with E-state index in [1.807, 2.05) is 6.07 Å². The molecule has 2 aromatic rings. The Morgan fingerprint density at radius 2 is 2.10 bits per heavy atom. The zero-order valence-electron chi connectivity index (χ0n) is 11.9. The number of aryl methyl sites for hydroxylation is 1. The van der Waals surface area contributed by atoms with Gasteiger partial charge in [-0.15, -0.1) is 22.7 Å². The highest BCUT2D eigenvalue weighted by Crippen LogP contribution is 2.26. The number of guanidine groups is 1. The number of hydrogen-bond donors (Lipinski definition) is 3. The quantitative estimate of drug-likeness (QED) is 0.577. The van der Waals surface area contributed by atoms with E-state index in [4.69, 9.17) is 11.6 Å². The highest BCUT2D eigenvalue weighted by Gasteiger charge is 2.11. The SMILES string of the molecule is CN=C(NCc1ccc(C)s1)NCC(O)c1ccc(Cl)s1. The molecule has 2 heterocycles. The number of halogens is 1. The highest BCUT2D eigenvalue weighted by atomic mass is 35.5. The summed E-state index contributed by atoms with van der Waals surface area (Å²) in [6.07, 6.45) is -0.593. The van der Waals surface area contributed by atoms with E-state index in [1.165, 1.54) is 21.1 Å². The number of aliphatic hydroxyl groups excluding tert-OH is 1. The summed E-state index contributed by atoms with van der Waals surface area (Å²) in [7, 11) is 1.71. The van der Waals surface area contributed by atoms with E-state index in [0.29, 0.717) is 16.8 Å². The van der Waals surface area contributed by atoms with Crippen LogP contribution in [-0.2, 0) is 6.54 Å². The third-order valence-corrected chi connectivity index (χ3v) is 5.17. The predicted molar refractivity (Wildman–Crippen MR) is 91.5 cm³/mol. The highest BCUT2D eigenvalue weighted by molar-refractivity contribution is 7.16. The molecular formula is C14H18ClN3OS2. The predicted octanol–water partition coefficient (Wildman–Crippen LogP) is 3.17. The van der Waals surface area contributed by atoms with Gasteiger partial charge in [0.2, 0.25) is 0 Å². The number of rotatable bonds is 5. The number of hydrogen-bond acceptors (Lipinski definition) is 4. The van der Waals surface area contributed by atoms with E-state index in [1.54, 1.807) is 24.5 Å². The van der Waals surface area contributed by atoms with Crippen molar-refractivity contribution >= 4 is 40.2 Å². The molecule has 0 aliphatic carbocycles. The molecule has 0 radical (unpaired) electrons. The van der Waals surface area contributed by atoms with E-state index in [2.05, 4.69) is 34.7 Å². The number of nitrogens with zero attached hydrogens (tertiary/aromatic N) is 1. The van der Waals surface area contributed by atoms with Gasteiger partial charge in [0, 0.05) is 28.2 Å². The van der Waals surface area contributed by atoms with Gasteiger partial charge in [0.15, 0.2) is 5.96 Å². The molecule has 0 bridgehead atoms. The van der Waals surface area contributed by atoms with E-state index >= 15 is 0 Å². The second-order valence-corrected chi connectivity index (χ2v) is 7.60. The van der Waals surface area contributed by atoms with Crippen LogP contribution in [0.25, 0.3) is 0 Å². The smallest absolute Gasteiger partial charge is 0.191 e. The Labute approximate surface area is 137 Å². The summed E-state index contributed by atoms with van der Waals surface area (Å²) in [5.74, 6) is 0.669. The number of aliphatic hydroxyl groups is 1. The molecule has 2 aromatic heterocycles. The molecule has 0 aliphatic rings. The number of aliphatic imine (C=N–C) groups is 1. The summed E-state index contributed by atoms with van der Waals surface area (Å²) >= 11 is 9.01. The summed E-state index contributed by atoms with van der Waals surface area (Å²) in [6, 6.07) is 7.83. The molecule has 3 N–H and O–H groups in total. The fourth-order valence-corrected chi connectivity index (χ4v) is 3.65. The van der Waals surface area contributed by atoms with Crippen LogP contribution in [0.4, 0.5) is 0 Å². The summed E-state index contributed by atoms with van der Waals surface area (Å²) in [4.78, 5) is 7.53. The minimum atomic E-state index is -0.593. The first kappa shape index (κ1) is 16.3.